The fraction of sp³-hybridized carbons (Fsp3) is 0.318. The molecule has 27 heavy (non-hydrogen) atoms. The van der Waals surface area contributed by atoms with Gasteiger partial charge in [-0.3, -0.25) is 19.3 Å². The average molecular weight is 365 g/mol. The van der Waals surface area contributed by atoms with Crippen molar-refractivity contribution in [2.24, 2.45) is 5.92 Å². The minimum atomic E-state index is -0.363. The highest BCUT2D eigenvalue weighted by atomic mass is 16.5. The molecule has 0 spiro atoms. The van der Waals surface area contributed by atoms with Crippen LogP contribution < -0.4 is 0 Å². The number of ether oxygens (including phenoxy) is 1. The van der Waals surface area contributed by atoms with Crippen molar-refractivity contribution >= 4 is 17.8 Å². The molecule has 2 atom stereocenters. The molecule has 0 bridgehead atoms. The van der Waals surface area contributed by atoms with Crippen molar-refractivity contribution in [3.63, 3.8) is 0 Å². The number of nitrogens with zero attached hydrogens (tertiary/aromatic N) is 1. The lowest BCUT2D eigenvalue weighted by Crippen LogP contribution is -2.34. The Bertz CT molecular complexity index is 811. The number of hydrogen-bond donors (Lipinski definition) is 0. The molecule has 0 aliphatic carbocycles. The molecule has 140 valence electrons. The molecule has 1 aliphatic rings. The van der Waals surface area contributed by atoms with Gasteiger partial charge in [-0.1, -0.05) is 62.7 Å². The molecule has 0 N–H and O–H groups in total. The Balaban J connectivity index is 1.64. The van der Waals surface area contributed by atoms with Crippen molar-refractivity contribution in [2.75, 3.05) is 13.2 Å². The average Bonchev–Trinajstić information content (AvgIpc) is 2.94. The predicted molar refractivity (Wildman–Crippen MR) is 101 cm³/mol. The number of imide groups is 1. The second-order valence-corrected chi connectivity index (χ2v) is 6.75. The second-order valence-electron chi connectivity index (χ2n) is 6.75. The molecule has 0 aromatic heterocycles. The summed E-state index contributed by atoms with van der Waals surface area (Å²) in [5, 5.41) is 0. The zero-order valence-corrected chi connectivity index (χ0v) is 15.6. The number of rotatable bonds is 7. The topological polar surface area (TPSA) is 63.7 Å². The molecular formula is C22H23NO4. The molecule has 0 unspecified atom stereocenters. The normalized spacial score (nSPS) is 15.4. The van der Waals surface area contributed by atoms with Gasteiger partial charge in [-0.25, -0.2) is 0 Å². The smallest absolute Gasteiger partial charge is 0.313 e. The molecule has 2 aromatic carbocycles. The highest BCUT2D eigenvalue weighted by Crippen LogP contribution is 2.28. The van der Waals surface area contributed by atoms with E-state index in [2.05, 4.69) is 0 Å². The molecule has 5 heteroatoms. The van der Waals surface area contributed by atoms with Gasteiger partial charge in [-0.2, -0.15) is 0 Å². The van der Waals surface area contributed by atoms with Crippen LogP contribution in [0.3, 0.4) is 0 Å². The maximum atomic E-state index is 12.7. The van der Waals surface area contributed by atoms with Gasteiger partial charge in [-0.15, -0.1) is 0 Å². The van der Waals surface area contributed by atoms with Crippen LogP contribution in [0.25, 0.3) is 0 Å². The zero-order chi connectivity index (χ0) is 19.4. The van der Waals surface area contributed by atoms with Gasteiger partial charge < -0.3 is 4.74 Å². The predicted octanol–water partition coefficient (Wildman–Crippen LogP) is 3.66. The third kappa shape index (κ3) is 3.77. The first kappa shape index (κ1) is 18.8. The van der Waals surface area contributed by atoms with E-state index in [9.17, 15) is 14.4 Å². The first-order chi connectivity index (χ1) is 13.0. The van der Waals surface area contributed by atoms with Crippen molar-refractivity contribution in [1.29, 1.82) is 0 Å². The number of amides is 2. The van der Waals surface area contributed by atoms with Crippen molar-refractivity contribution in [3.05, 3.63) is 71.3 Å². The van der Waals surface area contributed by atoms with E-state index in [0.29, 0.717) is 11.1 Å². The van der Waals surface area contributed by atoms with E-state index in [-0.39, 0.29) is 42.8 Å². The summed E-state index contributed by atoms with van der Waals surface area (Å²) in [7, 11) is 0. The summed E-state index contributed by atoms with van der Waals surface area (Å²) in [6.07, 6.45) is 0.840. The quantitative estimate of drug-likeness (QED) is 0.555. The highest BCUT2D eigenvalue weighted by Gasteiger charge is 2.35. The summed E-state index contributed by atoms with van der Waals surface area (Å²) in [5.74, 6) is -1.24. The monoisotopic (exact) mass is 365 g/mol. The van der Waals surface area contributed by atoms with Gasteiger partial charge in [0.15, 0.2) is 0 Å². The number of carbonyl (C=O) groups excluding carboxylic acids is 3. The van der Waals surface area contributed by atoms with E-state index >= 15 is 0 Å². The van der Waals surface area contributed by atoms with Crippen LogP contribution in [0.5, 0.6) is 0 Å². The van der Waals surface area contributed by atoms with E-state index in [1.807, 2.05) is 44.2 Å². The molecule has 5 nitrogen and oxygen atoms in total. The van der Waals surface area contributed by atoms with Crippen LogP contribution in [0.2, 0.25) is 0 Å². The van der Waals surface area contributed by atoms with Gasteiger partial charge >= 0.3 is 5.97 Å². The summed E-state index contributed by atoms with van der Waals surface area (Å²) in [5.41, 5.74) is 1.71. The van der Waals surface area contributed by atoms with Crippen LogP contribution in [-0.2, 0) is 9.53 Å². The molecule has 1 heterocycles. The largest absolute Gasteiger partial charge is 0.463 e. The lowest BCUT2D eigenvalue weighted by molar-refractivity contribution is -0.147. The van der Waals surface area contributed by atoms with Crippen LogP contribution in [0.4, 0.5) is 0 Å². The Kier molecular flexibility index (Phi) is 5.69. The standard InChI is InChI=1S/C22H23NO4/c1-3-15(2)19(16-9-5-4-6-10-16)22(26)27-14-13-23-20(24)17-11-7-8-12-18(17)21(23)25/h4-12,15,19H,3,13-14H2,1-2H3/t15-,19-/m1/s1. The molecule has 2 amide bonds. The maximum absolute atomic E-state index is 12.7. The number of esters is 1. The Morgan fingerprint density at radius 1 is 0.963 bits per heavy atom. The number of benzene rings is 2. The summed E-state index contributed by atoms with van der Waals surface area (Å²) in [4.78, 5) is 38.5. The van der Waals surface area contributed by atoms with Crippen molar-refractivity contribution < 1.29 is 19.1 Å². The van der Waals surface area contributed by atoms with Crippen molar-refractivity contribution in [2.45, 2.75) is 26.2 Å². The molecular weight excluding hydrogens is 342 g/mol. The molecule has 3 rings (SSSR count). The Hall–Kier alpha value is -2.95. The first-order valence-corrected chi connectivity index (χ1v) is 9.21. The summed E-state index contributed by atoms with van der Waals surface area (Å²) in [6.45, 7) is 4.10. The van der Waals surface area contributed by atoms with Crippen molar-refractivity contribution in [1.82, 2.24) is 4.90 Å². The van der Waals surface area contributed by atoms with Crippen LogP contribution in [-0.4, -0.2) is 35.8 Å². The minimum Gasteiger partial charge on any atom is -0.463 e. The minimum absolute atomic E-state index is 0.00985. The Morgan fingerprint density at radius 2 is 1.52 bits per heavy atom. The number of hydrogen-bond acceptors (Lipinski definition) is 4. The van der Waals surface area contributed by atoms with Crippen molar-refractivity contribution in [3.8, 4) is 0 Å². The van der Waals surface area contributed by atoms with Crippen LogP contribution in [0.1, 0.15) is 52.5 Å². The third-order valence-corrected chi connectivity index (χ3v) is 5.06. The van der Waals surface area contributed by atoms with Gasteiger partial charge in [0, 0.05) is 0 Å². The van der Waals surface area contributed by atoms with E-state index in [4.69, 9.17) is 4.74 Å². The van der Waals surface area contributed by atoms with E-state index in [0.717, 1.165) is 16.9 Å². The van der Waals surface area contributed by atoms with Gasteiger partial charge in [0.1, 0.15) is 6.61 Å². The van der Waals surface area contributed by atoms with Gasteiger partial charge in [0.05, 0.1) is 23.6 Å². The van der Waals surface area contributed by atoms with Crippen LogP contribution in [0, 0.1) is 5.92 Å². The molecule has 0 radical (unpaired) electrons. The van der Waals surface area contributed by atoms with Gasteiger partial charge in [-0.05, 0) is 23.6 Å². The first-order valence-electron chi connectivity index (χ1n) is 9.21. The van der Waals surface area contributed by atoms with E-state index < -0.39 is 0 Å². The fourth-order valence-electron chi connectivity index (χ4n) is 3.36. The highest BCUT2D eigenvalue weighted by molar-refractivity contribution is 6.21. The van der Waals surface area contributed by atoms with Gasteiger partial charge in [0.25, 0.3) is 11.8 Å². The summed E-state index contributed by atoms with van der Waals surface area (Å²) in [6, 6.07) is 16.3. The molecule has 1 aliphatic heterocycles. The van der Waals surface area contributed by atoms with Gasteiger partial charge in [0.2, 0.25) is 0 Å². The summed E-state index contributed by atoms with van der Waals surface area (Å²) >= 11 is 0. The molecule has 0 saturated carbocycles. The summed E-state index contributed by atoms with van der Waals surface area (Å²) < 4.78 is 5.45. The molecule has 0 fully saturated rings. The number of fused-ring (bicyclic) bond motifs is 1. The van der Waals surface area contributed by atoms with Crippen LogP contribution >= 0.6 is 0 Å². The molecule has 0 saturated heterocycles. The fourth-order valence-corrected chi connectivity index (χ4v) is 3.36. The van der Waals surface area contributed by atoms with E-state index in [1.54, 1.807) is 24.3 Å². The van der Waals surface area contributed by atoms with E-state index in [1.165, 1.54) is 0 Å². The second kappa shape index (κ2) is 8.16. The van der Waals surface area contributed by atoms with Crippen LogP contribution in [0.15, 0.2) is 54.6 Å². The maximum Gasteiger partial charge on any atom is 0.313 e. The number of carbonyl (C=O) groups is 3. The third-order valence-electron chi connectivity index (χ3n) is 5.06. The SMILES string of the molecule is CC[C@@H](C)[C@@H](C(=O)OCCN1C(=O)c2ccccc2C1=O)c1ccccc1. The lowest BCUT2D eigenvalue weighted by atomic mass is 9.86. The Morgan fingerprint density at radius 3 is 2.07 bits per heavy atom. The molecule has 2 aromatic rings. The Labute approximate surface area is 158 Å². The lowest BCUT2D eigenvalue weighted by Gasteiger charge is -2.22. The zero-order valence-electron chi connectivity index (χ0n) is 15.6.